The standard InChI is InChI=1S/C17H14N4O2/c18-21-20-10-17(22)15-9-19-16-7-6-13(8-14(15)16)23-11-12-4-2-1-3-5-12/h1-9,19H,10-11H2. The molecule has 0 aliphatic rings. The van der Waals surface area contributed by atoms with Gasteiger partial charge in [0.25, 0.3) is 0 Å². The number of carbonyl (C=O) groups is 1. The van der Waals surface area contributed by atoms with Crippen LogP contribution in [0.25, 0.3) is 21.3 Å². The van der Waals surface area contributed by atoms with Crippen molar-refractivity contribution in [2.75, 3.05) is 6.54 Å². The van der Waals surface area contributed by atoms with Crippen LogP contribution in [-0.4, -0.2) is 17.3 Å². The maximum Gasteiger partial charge on any atom is 0.170 e. The Labute approximate surface area is 132 Å². The molecule has 3 aromatic rings. The predicted octanol–water partition coefficient (Wildman–Crippen LogP) is 4.24. The summed E-state index contributed by atoms with van der Waals surface area (Å²) < 4.78 is 5.78. The van der Waals surface area contributed by atoms with Crippen molar-refractivity contribution in [1.29, 1.82) is 0 Å². The van der Waals surface area contributed by atoms with Crippen LogP contribution >= 0.6 is 0 Å². The fourth-order valence-corrected chi connectivity index (χ4v) is 2.34. The fraction of sp³-hybridized carbons (Fsp3) is 0.118. The lowest BCUT2D eigenvalue weighted by Gasteiger charge is -2.06. The number of hydrogen-bond acceptors (Lipinski definition) is 3. The first kappa shape index (κ1) is 14.7. The lowest BCUT2D eigenvalue weighted by Crippen LogP contribution is -2.01. The zero-order valence-corrected chi connectivity index (χ0v) is 12.3. The van der Waals surface area contributed by atoms with Gasteiger partial charge in [0.2, 0.25) is 0 Å². The van der Waals surface area contributed by atoms with Crippen molar-refractivity contribution in [3.8, 4) is 5.75 Å². The van der Waals surface area contributed by atoms with E-state index < -0.39 is 0 Å². The molecular weight excluding hydrogens is 292 g/mol. The minimum atomic E-state index is -0.228. The molecule has 0 bridgehead atoms. The number of carbonyl (C=O) groups excluding carboxylic acids is 1. The van der Waals surface area contributed by atoms with Crippen molar-refractivity contribution >= 4 is 16.7 Å². The van der Waals surface area contributed by atoms with Gasteiger partial charge in [-0.15, -0.1) is 0 Å². The van der Waals surface area contributed by atoms with Gasteiger partial charge in [-0.1, -0.05) is 35.4 Å². The van der Waals surface area contributed by atoms with Crippen LogP contribution in [0.2, 0.25) is 0 Å². The van der Waals surface area contributed by atoms with Crippen molar-refractivity contribution in [3.63, 3.8) is 0 Å². The zero-order chi connectivity index (χ0) is 16.1. The molecule has 0 saturated heterocycles. The Morgan fingerprint density at radius 1 is 1.22 bits per heavy atom. The largest absolute Gasteiger partial charge is 0.489 e. The molecule has 0 aliphatic heterocycles. The number of benzene rings is 2. The van der Waals surface area contributed by atoms with E-state index in [4.69, 9.17) is 10.3 Å². The van der Waals surface area contributed by atoms with Gasteiger partial charge in [0, 0.05) is 27.6 Å². The Kier molecular flexibility index (Phi) is 4.27. The van der Waals surface area contributed by atoms with Gasteiger partial charge in [-0.05, 0) is 29.3 Å². The number of fused-ring (bicyclic) bond motifs is 1. The molecule has 2 aromatic carbocycles. The number of ketones is 1. The van der Waals surface area contributed by atoms with Gasteiger partial charge in [-0.3, -0.25) is 4.79 Å². The number of ether oxygens (including phenoxy) is 1. The maximum absolute atomic E-state index is 12.0. The highest BCUT2D eigenvalue weighted by molar-refractivity contribution is 6.09. The highest BCUT2D eigenvalue weighted by Crippen LogP contribution is 2.25. The van der Waals surface area contributed by atoms with E-state index in [0.29, 0.717) is 17.9 Å². The number of aromatic amines is 1. The molecule has 114 valence electrons. The van der Waals surface area contributed by atoms with Gasteiger partial charge >= 0.3 is 0 Å². The molecule has 0 spiro atoms. The van der Waals surface area contributed by atoms with Gasteiger partial charge in [-0.25, -0.2) is 0 Å². The summed E-state index contributed by atoms with van der Waals surface area (Å²) in [5.41, 5.74) is 10.7. The molecule has 1 N–H and O–H groups in total. The Morgan fingerprint density at radius 3 is 2.83 bits per heavy atom. The molecule has 23 heavy (non-hydrogen) atoms. The summed E-state index contributed by atoms with van der Waals surface area (Å²) >= 11 is 0. The third kappa shape index (κ3) is 3.33. The second-order valence-electron chi connectivity index (χ2n) is 5.00. The number of Topliss-reactive ketones (excluding diaryl/α,β-unsaturated/α-hetero) is 1. The molecule has 1 aromatic heterocycles. The number of azide groups is 1. The number of H-pyrrole nitrogens is 1. The average molecular weight is 306 g/mol. The lowest BCUT2D eigenvalue weighted by atomic mass is 10.1. The van der Waals surface area contributed by atoms with Crippen LogP contribution in [-0.2, 0) is 6.61 Å². The Bertz CT molecular complexity index is 880. The van der Waals surface area contributed by atoms with Gasteiger partial charge in [0.1, 0.15) is 12.4 Å². The van der Waals surface area contributed by atoms with Crippen LogP contribution in [0.15, 0.2) is 59.8 Å². The van der Waals surface area contributed by atoms with E-state index >= 15 is 0 Å². The summed E-state index contributed by atoms with van der Waals surface area (Å²) in [6.07, 6.45) is 1.63. The first-order valence-corrected chi connectivity index (χ1v) is 7.10. The minimum absolute atomic E-state index is 0.196. The molecule has 0 aliphatic carbocycles. The van der Waals surface area contributed by atoms with Crippen LogP contribution in [0.5, 0.6) is 5.75 Å². The minimum Gasteiger partial charge on any atom is -0.489 e. The first-order chi connectivity index (χ1) is 11.3. The van der Waals surface area contributed by atoms with Crippen molar-refractivity contribution in [2.24, 2.45) is 5.11 Å². The summed E-state index contributed by atoms with van der Waals surface area (Å²) in [5.74, 6) is 0.452. The van der Waals surface area contributed by atoms with Crippen molar-refractivity contribution in [3.05, 3.63) is 76.3 Å². The summed E-state index contributed by atoms with van der Waals surface area (Å²) in [6, 6.07) is 15.4. The molecule has 0 fully saturated rings. The van der Waals surface area contributed by atoms with Gasteiger partial charge in [0.05, 0.1) is 6.54 Å². The van der Waals surface area contributed by atoms with Crippen molar-refractivity contribution < 1.29 is 9.53 Å². The number of hydrogen-bond donors (Lipinski definition) is 1. The smallest absolute Gasteiger partial charge is 0.170 e. The van der Waals surface area contributed by atoms with Crippen LogP contribution in [0.4, 0.5) is 0 Å². The van der Waals surface area contributed by atoms with Crippen LogP contribution in [0, 0.1) is 0 Å². The summed E-state index contributed by atoms with van der Waals surface area (Å²) in [5, 5.41) is 4.08. The second kappa shape index (κ2) is 6.68. The molecule has 0 amide bonds. The highest BCUT2D eigenvalue weighted by Gasteiger charge is 2.12. The predicted molar refractivity (Wildman–Crippen MR) is 87.4 cm³/mol. The molecule has 6 heteroatoms. The quantitative estimate of drug-likeness (QED) is 0.319. The fourth-order valence-electron chi connectivity index (χ4n) is 2.34. The van der Waals surface area contributed by atoms with Crippen LogP contribution < -0.4 is 4.74 Å². The van der Waals surface area contributed by atoms with E-state index in [1.807, 2.05) is 48.5 Å². The number of nitrogens with one attached hydrogen (secondary N) is 1. The van der Waals surface area contributed by atoms with Gasteiger partial charge < -0.3 is 9.72 Å². The summed E-state index contributed by atoms with van der Waals surface area (Å²) in [7, 11) is 0. The Balaban J connectivity index is 1.82. The third-order valence-electron chi connectivity index (χ3n) is 3.48. The maximum atomic E-state index is 12.0. The normalized spacial score (nSPS) is 10.3. The van der Waals surface area contributed by atoms with E-state index in [1.165, 1.54) is 0 Å². The van der Waals surface area contributed by atoms with Gasteiger partial charge in [0.15, 0.2) is 5.78 Å². The van der Waals surface area contributed by atoms with Gasteiger partial charge in [-0.2, -0.15) is 0 Å². The van der Waals surface area contributed by atoms with E-state index in [-0.39, 0.29) is 12.3 Å². The summed E-state index contributed by atoms with van der Waals surface area (Å²) in [6.45, 7) is 0.261. The lowest BCUT2D eigenvalue weighted by molar-refractivity contribution is 0.100. The molecule has 0 saturated carbocycles. The molecule has 1 heterocycles. The second-order valence-corrected chi connectivity index (χ2v) is 5.00. The number of rotatable bonds is 6. The van der Waals surface area contributed by atoms with Crippen molar-refractivity contribution in [1.82, 2.24) is 4.98 Å². The van der Waals surface area contributed by atoms with Crippen LogP contribution in [0.3, 0.4) is 0 Å². The molecule has 0 atom stereocenters. The van der Waals surface area contributed by atoms with E-state index in [9.17, 15) is 4.79 Å². The Morgan fingerprint density at radius 2 is 2.04 bits per heavy atom. The topological polar surface area (TPSA) is 90.9 Å². The molecule has 3 rings (SSSR count). The summed E-state index contributed by atoms with van der Waals surface area (Å²) in [4.78, 5) is 17.7. The monoisotopic (exact) mass is 306 g/mol. The first-order valence-electron chi connectivity index (χ1n) is 7.10. The molecular formula is C17H14N4O2. The third-order valence-corrected chi connectivity index (χ3v) is 3.48. The Hall–Kier alpha value is -3.24. The molecule has 0 radical (unpaired) electrons. The number of aromatic nitrogens is 1. The van der Waals surface area contributed by atoms with Crippen molar-refractivity contribution in [2.45, 2.75) is 6.61 Å². The average Bonchev–Trinajstić information content (AvgIpc) is 3.02. The van der Waals surface area contributed by atoms with E-state index in [2.05, 4.69) is 15.0 Å². The molecule has 6 nitrogen and oxygen atoms in total. The van der Waals surface area contributed by atoms with E-state index in [0.717, 1.165) is 16.5 Å². The van der Waals surface area contributed by atoms with Crippen LogP contribution in [0.1, 0.15) is 15.9 Å². The highest BCUT2D eigenvalue weighted by atomic mass is 16.5. The molecule has 0 unspecified atom stereocenters. The van der Waals surface area contributed by atoms with E-state index in [1.54, 1.807) is 6.20 Å². The number of nitrogens with zero attached hydrogens (tertiary/aromatic N) is 3. The zero-order valence-electron chi connectivity index (χ0n) is 12.3. The SMILES string of the molecule is [N-]=[N+]=NCC(=O)c1c[nH]c2ccc(OCc3ccccc3)cc12.